The van der Waals surface area contributed by atoms with E-state index in [9.17, 15) is 10.2 Å². The summed E-state index contributed by atoms with van der Waals surface area (Å²) in [5.74, 6) is 1.54. The highest BCUT2D eigenvalue weighted by molar-refractivity contribution is 6.33. The van der Waals surface area contributed by atoms with E-state index >= 15 is 0 Å². The van der Waals surface area contributed by atoms with Gasteiger partial charge >= 0.3 is 0 Å². The molecule has 3 aromatic heterocycles. The van der Waals surface area contributed by atoms with Gasteiger partial charge in [-0.05, 0) is 37.3 Å². The summed E-state index contributed by atoms with van der Waals surface area (Å²) in [5, 5.41) is 27.2. The molecule has 4 rings (SSSR count). The highest BCUT2D eigenvalue weighted by Gasteiger charge is 2.30. The van der Waals surface area contributed by atoms with E-state index in [1.807, 2.05) is 13.0 Å². The number of furan rings is 1. The first-order chi connectivity index (χ1) is 14.5. The van der Waals surface area contributed by atoms with Crippen molar-refractivity contribution in [3.8, 4) is 22.8 Å². The van der Waals surface area contributed by atoms with Crippen LogP contribution >= 0.6 is 11.6 Å². The zero-order valence-corrected chi connectivity index (χ0v) is 16.8. The molecular weight excluding hydrogens is 410 g/mol. The van der Waals surface area contributed by atoms with E-state index in [4.69, 9.17) is 26.3 Å². The Morgan fingerprint density at radius 1 is 1.17 bits per heavy atom. The maximum atomic E-state index is 9.48. The maximum absolute atomic E-state index is 9.48. The number of aliphatic hydroxyl groups is 2. The standard InChI is InChI=1S/C20H20ClN5O4/c1-2-23-18-14(21)6-13(8-24-18)19-25-17(26-30-19)11-3-4-15-12(5-11)7-16(29-15)20(22,9-27)10-28/h3-8,27-28H,2,9-10,22H2,1H3,(H,23,24). The third kappa shape index (κ3) is 3.63. The number of nitrogens with two attached hydrogens (primary N) is 1. The summed E-state index contributed by atoms with van der Waals surface area (Å²) in [6.45, 7) is 1.76. The molecule has 3 heterocycles. The van der Waals surface area contributed by atoms with E-state index in [0.29, 0.717) is 39.9 Å². The molecule has 1 aromatic carbocycles. The molecule has 9 nitrogen and oxygen atoms in total. The molecule has 4 aromatic rings. The lowest BCUT2D eigenvalue weighted by Crippen LogP contribution is -2.43. The first kappa shape index (κ1) is 20.3. The second-order valence-corrected chi connectivity index (χ2v) is 7.25. The Morgan fingerprint density at radius 2 is 1.97 bits per heavy atom. The molecule has 5 N–H and O–H groups in total. The van der Waals surface area contributed by atoms with Gasteiger partial charge in [-0.25, -0.2) is 4.98 Å². The molecule has 0 saturated carbocycles. The van der Waals surface area contributed by atoms with Crippen LogP contribution in [0.3, 0.4) is 0 Å². The summed E-state index contributed by atoms with van der Waals surface area (Å²) in [5.41, 5.74) is 6.49. The zero-order valence-electron chi connectivity index (χ0n) is 16.1. The van der Waals surface area contributed by atoms with Gasteiger partial charge in [0.05, 0.1) is 23.8 Å². The van der Waals surface area contributed by atoms with Crippen LogP contribution in [0.25, 0.3) is 33.8 Å². The molecule has 0 saturated heterocycles. The van der Waals surface area contributed by atoms with Crippen molar-refractivity contribution in [3.63, 3.8) is 0 Å². The lowest BCUT2D eigenvalue weighted by Gasteiger charge is -2.21. The van der Waals surface area contributed by atoms with Gasteiger partial charge in [-0.2, -0.15) is 4.98 Å². The molecule has 0 amide bonds. The highest BCUT2D eigenvalue weighted by atomic mass is 35.5. The second kappa shape index (κ2) is 8.04. The molecule has 0 aliphatic carbocycles. The normalized spacial score (nSPS) is 11.9. The van der Waals surface area contributed by atoms with E-state index < -0.39 is 18.8 Å². The number of halogens is 1. The molecule has 0 aliphatic rings. The van der Waals surface area contributed by atoms with Gasteiger partial charge in [-0.15, -0.1) is 0 Å². The summed E-state index contributed by atoms with van der Waals surface area (Å²) < 4.78 is 11.1. The van der Waals surface area contributed by atoms with Crippen molar-refractivity contribution in [2.24, 2.45) is 5.73 Å². The smallest absolute Gasteiger partial charge is 0.259 e. The van der Waals surface area contributed by atoms with Crippen molar-refractivity contribution in [1.82, 2.24) is 15.1 Å². The number of hydrogen-bond acceptors (Lipinski definition) is 9. The molecule has 10 heteroatoms. The van der Waals surface area contributed by atoms with E-state index in [1.54, 1.807) is 30.5 Å². The topological polar surface area (TPSA) is 143 Å². The fourth-order valence-corrected chi connectivity index (χ4v) is 3.18. The number of nitrogens with zero attached hydrogens (tertiary/aromatic N) is 3. The molecule has 0 spiro atoms. The SMILES string of the molecule is CCNc1ncc(-c2nc(-c3ccc4oc(C(N)(CO)CO)cc4c3)no2)cc1Cl. The Kier molecular flexibility index (Phi) is 5.44. The van der Waals surface area contributed by atoms with Crippen LogP contribution in [0, 0.1) is 0 Å². The third-order valence-corrected chi connectivity index (χ3v) is 4.98. The minimum atomic E-state index is -1.36. The number of benzene rings is 1. The van der Waals surface area contributed by atoms with Crippen LogP contribution in [0.15, 0.2) is 45.5 Å². The third-order valence-electron chi connectivity index (χ3n) is 4.69. The molecular formula is C20H20ClN5O4. The van der Waals surface area contributed by atoms with Crippen LogP contribution in [0.1, 0.15) is 12.7 Å². The summed E-state index contributed by atoms with van der Waals surface area (Å²) in [6, 6.07) is 8.71. The quantitative estimate of drug-likeness (QED) is 0.348. The van der Waals surface area contributed by atoms with E-state index in [2.05, 4.69) is 20.4 Å². The number of anilines is 1. The van der Waals surface area contributed by atoms with Crippen LogP contribution in [-0.2, 0) is 5.54 Å². The van der Waals surface area contributed by atoms with Crippen molar-refractivity contribution >= 4 is 28.4 Å². The first-order valence-electron chi connectivity index (χ1n) is 9.26. The fourth-order valence-electron chi connectivity index (χ4n) is 2.94. The average molecular weight is 430 g/mol. The fraction of sp³-hybridized carbons (Fsp3) is 0.250. The van der Waals surface area contributed by atoms with Gasteiger partial charge in [0.1, 0.15) is 22.7 Å². The van der Waals surface area contributed by atoms with Crippen LogP contribution in [-0.4, -0.2) is 45.1 Å². The minimum absolute atomic E-state index is 0.287. The van der Waals surface area contributed by atoms with Crippen LogP contribution < -0.4 is 11.1 Å². The van der Waals surface area contributed by atoms with Crippen LogP contribution in [0.5, 0.6) is 0 Å². The lowest BCUT2D eigenvalue weighted by atomic mass is 10.00. The van der Waals surface area contributed by atoms with Gasteiger partial charge in [0.2, 0.25) is 5.82 Å². The molecule has 0 bridgehead atoms. The summed E-state index contributed by atoms with van der Waals surface area (Å²) in [7, 11) is 0. The first-order valence-corrected chi connectivity index (χ1v) is 9.63. The zero-order chi connectivity index (χ0) is 21.3. The summed E-state index contributed by atoms with van der Waals surface area (Å²) in [4.78, 5) is 8.70. The predicted octanol–water partition coefficient (Wildman–Crippen LogP) is 2.77. The average Bonchev–Trinajstić information content (AvgIpc) is 3.42. The van der Waals surface area contributed by atoms with E-state index in [1.165, 1.54) is 0 Å². The molecule has 0 fully saturated rings. The van der Waals surface area contributed by atoms with Gasteiger partial charge in [0.25, 0.3) is 5.89 Å². The van der Waals surface area contributed by atoms with Gasteiger partial charge in [0.15, 0.2) is 0 Å². The number of nitrogens with one attached hydrogen (secondary N) is 1. The number of aliphatic hydroxyl groups excluding tert-OH is 2. The molecule has 30 heavy (non-hydrogen) atoms. The van der Waals surface area contributed by atoms with Crippen molar-refractivity contribution in [3.05, 3.63) is 47.3 Å². The highest BCUT2D eigenvalue weighted by Crippen LogP contribution is 2.31. The molecule has 0 unspecified atom stereocenters. The molecule has 0 atom stereocenters. The van der Waals surface area contributed by atoms with E-state index in [0.717, 1.165) is 5.39 Å². The van der Waals surface area contributed by atoms with Gasteiger partial charge in [0, 0.05) is 23.7 Å². The van der Waals surface area contributed by atoms with Crippen LogP contribution in [0.2, 0.25) is 5.02 Å². The van der Waals surface area contributed by atoms with Gasteiger partial charge in [-0.1, -0.05) is 16.8 Å². The number of aromatic nitrogens is 3. The summed E-state index contributed by atoms with van der Waals surface area (Å²) in [6.07, 6.45) is 1.61. The number of fused-ring (bicyclic) bond motifs is 1. The predicted molar refractivity (Wildman–Crippen MR) is 112 cm³/mol. The molecule has 0 aliphatic heterocycles. The number of hydrogen-bond donors (Lipinski definition) is 4. The Hall–Kier alpha value is -2.98. The van der Waals surface area contributed by atoms with Crippen molar-refractivity contribution in [2.75, 3.05) is 25.1 Å². The van der Waals surface area contributed by atoms with E-state index in [-0.39, 0.29) is 11.7 Å². The monoisotopic (exact) mass is 429 g/mol. The maximum Gasteiger partial charge on any atom is 0.259 e. The lowest BCUT2D eigenvalue weighted by molar-refractivity contribution is 0.105. The van der Waals surface area contributed by atoms with Gasteiger partial charge in [-0.3, -0.25) is 0 Å². The van der Waals surface area contributed by atoms with Crippen molar-refractivity contribution in [2.45, 2.75) is 12.5 Å². The molecule has 0 radical (unpaired) electrons. The second-order valence-electron chi connectivity index (χ2n) is 6.84. The Bertz CT molecular complexity index is 1190. The summed E-state index contributed by atoms with van der Waals surface area (Å²) >= 11 is 6.24. The number of rotatable bonds is 7. The number of pyridine rings is 1. The minimum Gasteiger partial charge on any atom is -0.459 e. The Labute approximate surface area is 176 Å². The van der Waals surface area contributed by atoms with Crippen molar-refractivity contribution in [1.29, 1.82) is 0 Å². The Morgan fingerprint density at radius 3 is 2.67 bits per heavy atom. The van der Waals surface area contributed by atoms with Gasteiger partial charge < -0.3 is 30.2 Å². The van der Waals surface area contributed by atoms with Crippen LogP contribution in [0.4, 0.5) is 5.82 Å². The van der Waals surface area contributed by atoms with Crippen molar-refractivity contribution < 1.29 is 19.2 Å². The molecule has 156 valence electrons. The largest absolute Gasteiger partial charge is 0.459 e. The Balaban J connectivity index is 1.65.